The number of benzene rings is 4. The number of hydrogen-bond donors (Lipinski definition) is 3. The van der Waals surface area contributed by atoms with E-state index in [0.29, 0.717) is 25.1 Å². The first kappa shape index (κ1) is 35.9. The highest BCUT2D eigenvalue weighted by Crippen LogP contribution is 2.36. The second-order valence-corrected chi connectivity index (χ2v) is 13.9. The Morgan fingerprint density at radius 3 is 2.19 bits per heavy atom. The molecule has 0 aromatic heterocycles. The van der Waals surface area contributed by atoms with Gasteiger partial charge in [0.25, 0.3) is 5.91 Å². The molecule has 0 saturated carbocycles. The highest BCUT2D eigenvalue weighted by Gasteiger charge is 2.39. The first-order valence-electron chi connectivity index (χ1n) is 18.6. The second-order valence-electron chi connectivity index (χ2n) is 13.9. The molecule has 274 valence electrons. The van der Waals surface area contributed by atoms with Gasteiger partial charge in [-0.25, -0.2) is 0 Å². The van der Waals surface area contributed by atoms with Crippen LogP contribution in [0.4, 0.5) is 5.69 Å². The van der Waals surface area contributed by atoms with Crippen LogP contribution in [0.25, 0.3) is 11.1 Å². The van der Waals surface area contributed by atoms with Crippen LogP contribution in [0.2, 0.25) is 0 Å². The fourth-order valence-corrected chi connectivity index (χ4v) is 7.60. The van der Waals surface area contributed by atoms with Gasteiger partial charge in [0.2, 0.25) is 11.8 Å². The SMILES string of the molecule is CCC(=C(c1ccc(O)cc1)c1ccc(OCCN2CCN(CCNc3ccc4c(c3)CN(C3CCC(=O)NC3=O)C4=O)CC2)cc1)c1ccccc1. The third-order valence-corrected chi connectivity index (χ3v) is 10.5. The van der Waals surface area contributed by atoms with Crippen LogP contribution in [-0.2, 0) is 16.1 Å². The van der Waals surface area contributed by atoms with Crippen LogP contribution in [0.5, 0.6) is 11.5 Å². The zero-order valence-electron chi connectivity index (χ0n) is 30.2. The van der Waals surface area contributed by atoms with Crippen molar-refractivity contribution in [2.75, 3.05) is 57.7 Å². The molecule has 3 N–H and O–H groups in total. The molecule has 0 bridgehead atoms. The molecule has 4 aromatic rings. The molecule has 7 rings (SSSR count). The van der Waals surface area contributed by atoms with Crippen molar-refractivity contribution in [2.24, 2.45) is 0 Å². The van der Waals surface area contributed by atoms with Crippen LogP contribution < -0.4 is 15.4 Å². The van der Waals surface area contributed by atoms with Crippen LogP contribution in [0.3, 0.4) is 0 Å². The molecular formula is C43H47N5O5. The van der Waals surface area contributed by atoms with E-state index in [1.165, 1.54) is 11.1 Å². The number of phenolic OH excluding ortho intramolecular Hbond substituents is 1. The predicted octanol–water partition coefficient (Wildman–Crippen LogP) is 5.63. The lowest BCUT2D eigenvalue weighted by atomic mass is 9.88. The van der Waals surface area contributed by atoms with Gasteiger partial charge in [-0.1, -0.05) is 61.5 Å². The fourth-order valence-electron chi connectivity index (χ4n) is 7.60. The van der Waals surface area contributed by atoms with E-state index in [-0.39, 0.29) is 24.0 Å². The van der Waals surface area contributed by atoms with Gasteiger partial charge in [0.1, 0.15) is 24.1 Å². The Labute approximate surface area is 311 Å². The average Bonchev–Trinajstić information content (AvgIpc) is 3.50. The fraction of sp³-hybridized carbons (Fsp3) is 0.326. The van der Waals surface area contributed by atoms with E-state index in [0.717, 1.165) is 85.9 Å². The van der Waals surface area contributed by atoms with Gasteiger partial charge in [0.05, 0.1) is 0 Å². The first-order valence-corrected chi connectivity index (χ1v) is 18.6. The summed E-state index contributed by atoms with van der Waals surface area (Å²) in [6.07, 6.45) is 1.48. The summed E-state index contributed by atoms with van der Waals surface area (Å²) in [5, 5.41) is 15.8. The lowest BCUT2D eigenvalue weighted by Gasteiger charge is -2.34. The van der Waals surface area contributed by atoms with Crippen LogP contribution in [0.1, 0.15) is 58.8 Å². The van der Waals surface area contributed by atoms with Crippen molar-refractivity contribution in [1.82, 2.24) is 20.0 Å². The number of ether oxygens (including phenoxy) is 1. The van der Waals surface area contributed by atoms with Crippen molar-refractivity contribution >= 4 is 34.6 Å². The largest absolute Gasteiger partial charge is 0.508 e. The molecule has 0 radical (unpaired) electrons. The number of fused-ring (bicyclic) bond motifs is 1. The maximum absolute atomic E-state index is 13.0. The van der Waals surface area contributed by atoms with Crippen molar-refractivity contribution in [1.29, 1.82) is 0 Å². The van der Waals surface area contributed by atoms with Crippen LogP contribution >= 0.6 is 0 Å². The predicted molar refractivity (Wildman–Crippen MR) is 207 cm³/mol. The van der Waals surface area contributed by atoms with Gasteiger partial charge >= 0.3 is 0 Å². The summed E-state index contributed by atoms with van der Waals surface area (Å²) in [5.41, 5.74) is 8.25. The minimum Gasteiger partial charge on any atom is -0.508 e. The monoisotopic (exact) mass is 713 g/mol. The normalized spacial score (nSPS) is 18.4. The summed E-state index contributed by atoms with van der Waals surface area (Å²) >= 11 is 0. The molecule has 4 aromatic carbocycles. The lowest BCUT2D eigenvalue weighted by Crippen LogP contribution is -2.52. The minimum atomic E-state index is -0.602. The molecular weight excluding hydrogens is 667 g/mol. The lowest BCUT2D eigenvalue weighted by molar-refractivity contribution is -0.136. The van der Waals surface area contributed by atoms with Crippen molar-refractivity contribution in [2.45, 2.75) is 38.8 Å². The number of imide groups is 1. The van der Waals surface area contributed by atoms with Gasteiger partial charge in [-0.05, 0) is 88.7 Å². The standard InChI is InChI=1S/C43H47N5O5/c1-2-37(30-6-4-3-5-7-30)41(31-8-13-35(49)14-9-31)32-10-15-36(16-11-32)53-27-26-47-24-22-46(23-25-47)21-20-44-34-12-17-38-33(28-34)29-48(43(38)52)39-18-19-40(50)45-42(39)51/h3-17,28,39,44,49H,2,18-27,29H2,1H3,(H,45,50,51). The number of phenols is 1. The molecule has 3 aliphatic heterocycles. The number of rotatable bonds is 13. The Hall–Kier alpha value is -5.45. The summed E-state index contributed by atoms with van der Waals surface area (Å²) in [6, 6.07) is 31.4. The van der Waals surface area contributed by atoms with E-state index in [1.54, 1.807) is 17.0 Å². The molecule has 3 aliphatic rings. The maximum Gasteiger partial charge on any atom is 0.255 e. The molecule has 2 saturated heterocycles. The highest BCUT2D eigenvalue weighted by molar-refractivity contribution is 6.05. The van der Waals surface area contributed by atoms with Gasteiger partial charge in [-0.15, -0.1) is 0 Å². The summed E-state index contributed by atoms with van der Waals surface area (Å²) in [7, 11) is 0. The number of amides is 3. The molecule has 10 nitrogen and oxygen atoms in total. The summed E-state index contributed by atoms with van der Waals surface area (Å²) in [4.78, 5) is 43.4. The molecule has 0 spiro atoms. The third-order valence-electron chi connectivity index (χ3n) is 10.5. The Morgan fingerprint density at radius 2 is 1.51 bits per heavy atom. The van der Waals surface area contributed by atoms with E-state index in [2.05, 4.69) is 63.8 Å². The Balaban J connectivity index is 0.858. The number of piperazine rings is 1. The number of carbonyl (C=O) groups is 3. The zero-order chi connectivity index (χ0) is 36.7. The molecule has 0 aliphatic carbocycles. The van der Waals surface area contributed by atoms with E-state index >= 15 is 0 Å². The van der Waals surface area contributed by atoms with Gasteiger partial charge < -0.3 is 20.1 Å². The number of piperidine rings is 1. The molecule has 53 heavy (non-hydrogen) atoms. The quantitative estimate of drug-likeness (QED) is 0.121. The number of allylic oxidation sites excluding steroid dienone is 1. The van der Waals surface area contributed by atoms with Crippen LogP contribution in [-0.4, -0.2) is 96.0 Å². The summed E-state index contributed by atoms with van der Waals surface area (Å²) in [5.74, 6) is 0.277. The van der Waals surface area contributed by atoms with Crippen LogP contribution in [0, 0.1) is 0 Å². The molecule has 10 heteroatoms. The maximum atomic E-state index is 13.0. The van der Waals surface area contributed by atoms with Crippen molar-refractivity contribution in [3.8, 4) is 11.5 Å². The average molecular weight is 714 g/mol. The Morgan fingerprint density at radius 1 is 0.830 bits per heavy atom. The van der Waals surface area contributed by atoms with Crippen molar-refractivity contribution < 1.29 is 24.2 Å². The van der Waals surface area contributed by atoms with Crippen LogP contribution in [0.15, 0.2) is 97.1 Å². The highest BCUT2D eigenvalue weighted by atomic mass is 16.5. The van der Waals surface area contributed by atoms with Crippen molar-refractivity contribution in [3.05, 3.63) is 125 Å². The van der Waals surface area contributed by atoms with Crippen molar-refractivity contribution in [3.63, 3.8) is 0 Å². The van der Waals surface area contributed by atoms with Gasteiger partial charge in [0, 0.05) is 70.0 Å². The summed E-state index contributed by atoms with van der Waals surface area (Å²) < 4.78 is 6.19. The molecule has 3 amide bonds. The van der Waals surface area contributed by atoms with Gasteiger partial charge in [0.15, 0.2) is 0 Å². The number of carbonyl (C=O) groups excluding carboxylic acids is 3. The summed E-state index contributed by atoms with van der Waals surface area (Å²) in [6.45, 7) is 9.70. The van der Waals surface area contributed by atoms with Gasteiger partial charge in [-0.3, -0.25) is 29.5 Å². The molecule has 3 heterocycles. The van der Waals surface area contributed by atoms with E-state index in [4.69, 9.17) is 4.74 Å². The topological polar surface area (TPSA) is 114 Å². The van der Waals surface area contributed by atoms with E-state index < -0.39 is 11.9 Å². The Bertz CT molecular complexity index is 1950. The number of nitrogens with zero attached hydrogens (tertiary/aromatic N) is 3. The zero-order valence-corrected chi connectivity index (χ0v) is 30.2. The number of anilines is 1. The Kier molecular flexibility index (Phi) is 11.2. The van der Waals surface area contributed by atoms with E-state index in [9.17, 15) is 19.5 Å². The molecule has 1 atom stereocenters. The smallest absolute Gasteiger partial charge is 0.255 e. The minimum absolute atomic E-state index is 0.153. The second kappa shape index (κ2) is 16.5. The number of hydrogen-bond acceptors (Lipinski definition) is 8. The van der Waals surface area contributed by atoms with E-state index in [1.807, 2.05) is 48.5 Å². The first-order chi connectivity index (χ1) is 25.9. The van der Waals surface area contributed by atoms with Gasteiger partial charge in [-0.2, -0.15) is 0 Å². The number of nitrogens with one attached hydrogen (secondary N) is 2. The third kappa shape index (κ3) is 8.45. The number of aromatic hydroxyl groups is 1. The molecule has 1 unspecified atom stereocenters. The molecule has 2 fully saturated rings.